The van der Waals surface area contributed by atoms with E-state index in [2.05, 4.69) is 47.7 Å². The Kier molecular flexibility index (Phi) is 7.99. The maximum atomic E-state index is 14.0. The van der Waals surface area contributed by atoms with Crippen LogP contribution in [0.1, 0.15) is 48.0 Å². The van der Waals surface area contributed by atoms with Crippen molar-refractivity contribution in [3.8, 4) is 17.2 Å². The molecule has 4 aromatic rings. The second kappa shape index (κ2) is 11.6. The number of aromatic nitrogens is 2. The summed E-state index contributed by atoms with van der Waals surface area (Å²) in [6, 6.07) is 15.1. The van der Waals surface area contributed by atoms with Crippen LogP contribution in [0.15, 0.2) is 70.1 Å². The molecule has 9 heteroatoms. The molecule has 3 heterocycles. The van der Waals surface area contributed by atoms with Crippen molar-refractivity contribution in [1.82, 2.24) is 9.13 Å². The Morgan fingerprint density at radius 1 is 1.02 bits per heavy atom. The van der Waals surface area contributed by atoms with E-state index in [0.717, 1.165) is 22.6 Å². The second-order valence-corrected chi connectivity index (χ2v) is 10.8. The van der Waals surface area contributed by atoms with Crippen LogP contribution in [0, 0.1) is 20.8 Å². The minimum atomic E-state index is -0.740. The van der Waals surface area contributed by atoms with Gasteiger partial charge in [-0.3, -0.25) is 9.36 Å². The van der Waals surface area contributed by atoms with Gasteiger partial charge in [0.25, 0.3) is 5.56 Å². The smallest absolute Gasteiger partial charge is 0.337 e. The summed E-state index contributed by atoms with van der Waals surface area (Å²) in [5, 5.41) is 0. The van der Waals surface area contributed by atoms with Gasteiger partial charge in [0.1, 0.15) is 0 Å². The van der Waals surface area contributed by atoms with Crippen LogP contribution in [-0.4, -0.2) is 35.4 Å². The van der Waals surface area contributed by atoms with Gasteiger partial charge in [-0.1, -0.05) is 29.5 Å². The van der Waals surface area contributed by atoms with Gasteiger partial charge in [-0.25, -0.2) is 9.79 Å². The van der Waals surface area contributed by atoms with Gasteiger partial charge in [-0.15, -0.1) is 0 Å². The zero-order valence-electron chi connectivity index (χ0n) is 24.1. The van der Waals surface area contributed by atoms with E-state index < -0.39 is 12.0 Å². The Morgan fingerprint density at radius 2 is 1.78 bits per heavy atom. The Hall–Kier alpha value is -4.37. The summed E-state index contributed by atoms with van der Waals surface area (Å²) in [6.45, 7) is 10.9. The van der Waals surface area contributed by atoms with Crippen molar-refractivity contribution in [2.45, 2.75) is 40.7 Å². The molecule has 212 valence electrons. The largest absolute Gasteiger partial charge is 0.490 e. The number of fused-ring (bicyclic) bond motifs is 1. The van der Waals surface area contributed by atoms with E-state index in [0.29, 0.717) is 39.6 Å². The molecule has 1 aliphatic rings. The minimum absolute atomic E-state index is 0.236. The standard InChI is InChI=1S/C32H33N3O5S/c1-7-39-26-13-12-22(16-27(26)40-8-2)29-25(31(37)38-6)18-33-32-35(29)30(36)28(41-32)17-23-15-20(4)34(21(23)5)24-11-9-10-19(3)14-24/h9-18,29H,7-8H2,1-6H3/b28-17-/t29-/m1/s1. The van der Waals surface area contributed by atoms with Gasteiger partial charge < -0.3 is 18.8 Å². The van der Waals surface area contributed by atoms with E-state index in [4.69, 9.17) is 14.2 Å². The number of carbonyl (C=O) groups excluding carboxylic acids is 1. The number of ether oxygens (including phenoxy) is 3. The lowest BCUT2D eigenvalue weighted by Crippen LogP contribution is -2.39. The summed E-state index contributed by atoms with van der Waals surface area (Å²) in [5.41, 5.74) is 5.99. The first kappa shape index (κ1) is 28.2. The molecule has 41 heavy (non-hydrogen) atoms. The fourth-order valence-corrected chi connectivity index (χ4v) is 6.19. The lowest BCUT2D eigenvalue weighted by Gasteiger charge is -2.23. The zero-order valence-corrected chi connectivity index (χ0v) is 24.9. The molecule has 0 saturated heterocycles. The van der Waals surface area contributed by atoms with Crippen LogP contribution in [0.25, 0.3) is 11.8 Å². The van der Waals surface area contributed by atoms with Crippen LogP contribution < -0.4 is 24.4 Å². The van der Waals surface area contributed by atoms with Crippen molar-refractivity contribution in [3.63, 3.8) is 0 Å². The van der Waals surface area contributed by atoms with Crippen LogP contribution in [0.5, 0.6) is 11.5 Å². The average Bonchev–Trinajstić information content (AvgIpc) is 3.43. The third-order valence-corrected chi connectivity index (χ3v) is 8.02. The number of nitrogens with zero attached hydrogens (tertiary/aromatic N) is 3. The van der Waals surface area contributed by atoms with Crippen LogP contribution >= 0.6 is 11.3 Å². The molecule has 0 aliphatic carbocycles. The van der Waals surface area contributed by atoms with Crippen LogP contribution in [0.2, 0.25) is 0 Å². The predicted octanol–water partition coefficient (Wildman–Crippen LogP) is 4.53. The number of carbonyl (C=O) groups is 1. The highest BCUT2D eigenvalue weighted by molar-refractivity contribution is 7.07. The molecule has 1 atom stereocenters. The van der Waals surface area contributed by atoms with Crippen LogP contribution in [-0.2, 0) is 9.53 Å². The molecule has 0 unspecified atom stereocenters. The highest BCUT2D eigenvalue weighted by Crippen LogP contribution is 2.35. The number of hydrogen-bond acceptors (Lipinski definition) is 7. The Labute approximate surface area is 242 Å². The monoisotopic (exact) mass is 571 g/mol. The normalized spacial score (nSPS) is 14.7. The summed E-state index contributed by atoms with van der Waals surface area (Å²) in [7, 11) is 1.32. The van der Waals surface area contributed by atoms with Gasteiger partial charge in [0.2, 0.25) is 0 Å². The van der Waals surface area contributed by atoms with Crippen molar-refractivity contribution in [2.24, 2.45) is 4.99 Å². The molecule has 1 aliphatic heterocycles. The molecule has 0 saturated carbocycles. The molecule has 8 nitrogen and oxygen atoms in total. The minimum Gasteiger partial charge on any atom is -0.490 e. The average molecular weight is 572 g/mol. The Morgan fingerprint density at radius 3 is 2.49 bits per heavy atom. The molecular weight excluding hydrogens is 538 g/mol. The number of methoxy groups -OCH3 is 1. The fraction of sp³-hybridized carbons (Fsp3) is 0.281. The quantitative estimate of drug-likeness (QED) is 0.290. The van der Waals surface area contributed by atoms with E-state index in [1.165, 1.54) is 30.2 Å². The molecule has 5 rings (SSSR count). The molecular formula is C32H33N3O5S. The second-order valence-electron chi connectivity index (χ2n) is 9.75. The van der Waals surface area contributed by atoms with Crippen LogP contribution in [0.4, 0.5) is 0 Å². The van der Waals surface area contributed by atoms with Gasteiger partial charge in [0.15, 0.2) is 16.3 Å². The van der Waals surface area contributed by atoms with Crippen molar-refractivity contribution in [1.29, 1.82) is 0 Å². The lowest BCUT2D eigenvalue weighted by molar-refractivity contribution is -0.136. The Bertz CT molecular complexity index is 1840. The summed E-state index contributed by atoms with van der Waals surface area (Å²) >= 11 is 1.29. The predicted molar refractivity (Wildman–Crippen MR) is 160 cm³/mol. The van der Waals surface area contributed by atoms with Crippen LogP contribution in [0.3, 0.4) is 0 Å². The molecule has 2 aromatic carbocycles. The van der Waals surface area contributed by atoms with Gasteiger partial charge in [0, 0.05) is 23.3 Å². The van der Waals surface area contributed by atoms with Crippen molar-refractivity contribution >= 4 is 23.4 Å². The maximum absolute atomic E-state index is 14.0. The van der Waals surface area contributed by atoms with Crippen molar-refractivity contribution in [2.75, 3.05) is 20.3 Å². The number of aryl methyl sites for hydroxylation is 2. The highest BCUT2D eigenvalue weighted by atomic mass is 32.1. The van der Waals surface area contributed by atoms with Crippen molar-refractivity contribution in [3.05, 3.63) is 108 Å². The number of rotatable bonds is 8. The number of thiazole rings is 1. The van der Waals surface area contributed by atoms with Gasteiger partial charge in [-0.05, 0) is 87.7 Å². The topological polar surface area (TPSA) is 84.0 Å². The number of benzene rings is 2. The molecule has 0 radical (unpaired) electrons. The molecule has 0 amide bonds. The Balaban J connectivity index is 1.66. The fourth-order valence-electron chi connectivity index (χ4n) is 5.23. The summed E-state index contributed by atoms with van der Waals surface area (Å²) in [6.07, 6.45) is 3.40. The van der Waals surface area contributed by atoms with Gasteiger partial charge in [0.05, 0.1) is 36.5 Å². The highest BCUT2D eigenvalue weighted by Gasteiger charge is 2.31. The molecule has 0 fully saturated rings. The number of esters is 1. The third kappa shape index (κ3) is 5.25. The molecule has 0 bridgehead atoms. The van der Waals surface area contributed by atoms with Gasteiger partial charge >= 0.3 is 5.97 Å². The first-order valence-electron chi connectivity index (χ1n) is 13.5. The SMILES string of the molecule is CCOc1ccc([C@@H]2C(C(=O)OC)=CN=c3s/c(=C\c4cc(C)n(-c5cccc(C)c5)c4C)c(=O)n32)cc1OCC. The summed E-state index contributed by atoms with van der Waals surface area (Å²) in [5.74, 6) is 0.582. The molecule has 2 aromatic heterocycles. The zero-order chi connectivity index (χ0) is 29.3. The third-order valence-electron chi connectivity index (χ3n) is 7.02. The first-order valence-corrected chi connectivity index (χ1v) is 14.3. The molecule has 0 N–H and O–H groups in total. The lowest BCUT2D eigenvalue weighted by atomic mass is 9.97. The first-order chi connectivity index (χ1) is 19.8. The summed E-state index contributed by atoms with van der Waals surface area (Å²) < 4.78 is 20.9. The molecule has 0 spiro atoms. The summed E-state index contributed by atoms with van der Waals surface area (Å²) in [4.78, 5) is 31.8. The maximum Gasteiger partial charge on any atom is 0.337 e. The van der Waals surface area contributed by atoms with Gasteiger partial charge in [-0.2, -0.15) is 0 Å². The van der Waals surface area contributed by atoms with E-state index >= 15 is 0 Å². The van der Waals surface area contributed by atoms with Crippen molar-refractivity contribution < 1.29 is 19.0 Å². The number of hydrogen-bond donors (Lipinski definition) is 0. The van der Waals surface area contributed by atoms with E-state index in [1.807, 2.05) is 45.0 Å². The van der Waals surface area contributed by atoms with E-state index in [-0.39, 0.29) is 11.1 Å². The van der Waals surface area contributed by atoms with E-state index in [9.17, 15) is 9.59 Å². The van der Waals surface area contributed by atoms with E-state index in [1.54, 1.807) is 10.6 Å².